The maximum absolute atomic E-state index is 5.93. The molecular weight excluding hydrogens is 212 g/mol. The molecule has 0 aliphatic rings. The summed E-state index contributed by atoms with van der Waals surface area (Å²) in [5, 5.41) is 0.477. The van der Waals surface area contributed by atoms with Crippen molar-refractivity contribution >= 4 is 11.6 Å². The lowest BCUT2D eigenvalue weighted by Crippen LogP contribution is -2.25. The molecule has 1 heterocycles. The highest BCUT2D eigenvalue weighted by Crippen LogP contribution is 2.22. The van der Waals surface area contributed by atoms with Crippen LogP contribution in [0.15, 0.2) is 6.07 Å². The molecule has 3 nitrogen and oxygen atoms in total. The van der Waals surface area contributed by atoms with Gasteiger partial charge in [-0.1, -0.05) is 18.5 Å². The molecule has 0 aliphatic carbocycles. The molecule has 1 aromatic rings. The van der Waals surface area contributed by atoms with Crippen molar-refractivity contribution in [3.8, 4) is 0 Å². The maximum Gasteiger partial charge on any atom is 0.161 e. The summed E-state index contributed by atoms with van der Waals surface area (Å²) in [5.74, 6) is 0.647. The lowest BCUT2D eigenvalue weighted by molar-refractivity contribution is -0.0209. The first-order valence-electron chi connectivity index (χ1n) is 5.17. The van der Waals surface area contributed by atoms with Gasteiger partial charge in [-0.15, -0.1) is 0 Å². The molecule has 4 heteroatoms. The number of hydrogen-bond donors (Lipinski definition) is 0. The van der Waals surface area contributed by atoms with Crippen LogP contribution < -0.4 is 0 Å². The number of rotatable bonds is 4. The fraction of sp³-hybridized carbons (Fsp3) is 0.636. The number of aryl methyl sites for hydroxylation is 1. The lowest BCUT2D eigenvalue weighted by atomic mass is 10.1. The molecule has 0 unspecified atom stereocenters. The van der Waals surface area contributed by atoms with E-state index in [9.17, 15) is 0 Å². The van der Waals surface area contributed by atoms with Gasteiger partial charge in [0, 0.05) is 12.3 Å². The van der Waals surface area contributed by atoms with Gasteiger partial charge in [-0.05, 0) is 33.3 Å². The summed E-state index contributed by atoms with van der Waals surface area (Å²) in [6.07, 6.45) is 0.845. The van der Waals surface area contributed by atoms with Crippen LogP contribution in [0.25, 0.3) is 0 Å². The van der Waals surface area contributed by atoms with Crippen molar-refractivity contribution < 1.29 is 4.74 Å². The van der Waals surface area contributed by atoms with Crippen LogP contribution in [0.3, 0.4) is 0 Å². The van der Waals surface area contributed by atoms with Gasteiger partial charge in [-0.25, -0.2) is 9.97 Å². The largest absolute Gasteiger partial charge is 0.368 e. The molecule has 0 aromatic carbocycles. The molecular formula is C11H17ClN2O. The Balaban J connectivity index is 3.07. The van der Waals surface area contributed by atoms with Crippen molar-refractivity contribution in [2.75, 3.05) is 6.61 Å². The van der Waals surface area contributed by atoms with Crippen LogP contribution in [0, 0.1) is 0 Å². The van der Waals surface area contributed by atoms with E-state index < -0.39 is 5.60 Å². The van der Waals surface area contributed by atoms with E-state index in [4.69, 9.17) is 16.3 Å². The molecule has 0 amide bonds. The molecule has 0 saturated heterocycles. The zero-order chi connectivity index (χ0) is 11.5. The van der Waals surface area contributed by atoms with E-state index in [2.05, 4.69) is 9.97 Å². The topological polar surface area (TPSA) is 35.0 Å². The van der Waals surface area contributed by atoms with E-state index in [1.807, 2.05) is 27.7 Å². The highest BCUT2D eigenvalue weighted by Gasteiger charge is 2.24. The average Bonchev–Trinajstić information content (AvgIpc) is 2.16. The summed E-state index contributed by atoms with van der Waals surface area (Å²) in [6.45, 7) is 8.51. The van der Waals surface area contributed by atoms with E-state index >= 15 is 0 Å². The summed E-state index contributed by atoms with van der Waals surface area (Å²) in [4.78, 5) is 8.62. The quantitative estimate of drug-likeness (QED) is 0.744. The van der Waals surface area contributed by atoms with Gasteiger partial charge in [0.1, 0.15) is 10.8 Å². The molecule has 1 rings (SSSR count). The first-order valence-corrected chi connectivity index (χ1v) is 5.55. The molecule has 0 bridgehead atoms. The Kier molecular flexibility index (Phi) is 4.05. The molecule has 0 spiro atoms. The summed E-state index contributed by atoms with van der Waals surface area (Å²) in [6, 6.07) is 1.78. The number of nitrogens with zero attached hydrogens (tertiary/aromatic N) is 2. The van der Waals surface area contributed by atoms with Gasteiger partial charge < -0.3 is 4.74 Å². The number of hydrogen-bond acceptors (Lipinski definition) is 3. The van der Waals surface area contributed by atoms with E-state index in [-0.39, 0.29) is 0 Å². The van der Waals surface area contributed by atoms with Gasteiger partial charge in [0.25, 0.3) is 0 Å². The highest BCUT2D eigenvalue weighted by atomic mass is 35.5. The van der Waals surface area contributed by atoms with Gasteiger partial charge in [-0.3, -0.25) is 0 Å². The van der Waals surface area contributed by atoms with Crippen LogP contribution in [-0.2, 0) is 16.8 Å². The maximum atomic E-state index is 5.93. The Morgan fingerprint density at radius 1 is 1.33 bits per heavy atom. The van der Waals surface area contributed by atoms with Crippen molar-refractivity contribution in [3.05, 3.63) is 22.7 Å². The Hall–Kier alpha value is -0.670. The van der Waals surface area contributed by atoms with Gasteiger partial charge >= 0.3 is 0 Å². The smallest absolute Gasteiger partial charge is 0.161 e. The van der Waals surface area contributed by atoms with Crippen molar-refractivity contribution in [2.45, 2.75) is 39.7 Å². The Bertz CT molecular complexity index is 339. The fourth-order valence-corrected chi connectivity index (χ4v) is 1.55. The molecule has 0 fully saturated rings. The monoisotopic (exact) mass is 228 g/mol. The van der Waals surface area contributed by atoms with Crippen LogP contribution in [0.4, 0.5) is 0 Å². The van der Waals surface area contributed by atoms with Gasteiger partial charge in [0.05, 0.1) is 0 Å². The summed E-state index contributed by atoms with van der Waals surface area (Å²) in [7, 11) is 0. The van der Waals surface area contributed by atoms with Crippen molar-refractivity contribution in [3.63, 3.8) is 0 Å². The first-order chi connectivity index (χ1) is 6.99. The highest BCUT2D eigenvalue weighted by molar-refractivity contribution is 6.29. The minimum atomic E-state index is -0.483. The van der Waals surface area contributed by atoms with Crippen LogP contribution in [0.2, 0.25) is 5.15 Å². The molecule has 0 saturated carbocycles. The Morgan fingerprint density at radius 3 is 2.53 bits per heavy atom. The first kappa shape index (κ1) is 12.4. The third-order valence-electron chi connectivity index (χ3n) is 2.15. The summed E-state index contributed by atoms with van der Waals surface area (Å²) < 4.78 is 5.59. The minimum absolute atomic E-state index is 0.477. The number of halogens is 1. The van der Waals surface area contributed by atoms with Gasteiger partial charge in [-0.2, -0.15) is 0 Å². The Labute approximate surface area is 95.8 Å². The van der Waals surface area contributed by atoms with Crippen molar-refractivity contribution in [2.24, 2.45) is 0 Å². The summed E-state index contributed by atoms with van der Waals surface area (Å²) >= 11 is 5.93. The second kappa shape index (κ2) is 4.90. The standard InChI is InChI=1S/C11H17ClN2O/c1-5-8-7-9(12)14-10(13-8)11(3,4)15-6-2/h7H,5-6H2,1-4H3. The van der Waals surface area contributed by atoms with Crippen LogP contribution in [0.1, 0.15) is 39.2 Å². The third kappa shape index (κ3) is 3.14. The number of ether oxygens (including phenoxy) is 1. The van der Waals surface area contributed by atoms with Crippen molar-refractivity contribution in [1.29, 1.82) is 0 Å². The molecule has 0 N–H and O–H groups in total. The second-order valence-electron chi connectivity index (χ2n) is 3.80. The van der Waals surface area contributed by atoms with Gasteiger partial charge in [0.15, 0.2) is 5.82 Å². The average molecular weight is 229 g/mol. The van der Waals surface area contributed by atoms with E-state index in [1.54, 1.807) is 6.07 Å². The molecule has 0 radical (unpaired) electrons. The summed E-state index contributed by atoms with van der Waals surface area (Å²) in [5.41, 5.74) is 0.460. The second-order valence-corrected chi connectivity index (χ2v) is 4.19. The fourth-order valence-electron chi connectivity index (χ4n) is 1.34. The van der Waals surface area contributed by atoms with Crippen LogP contribution >= 0.6 is 11.6 Å². The van der Waals surface area contributed by atoms with Crippen molar-refractivity contribution in [1.82, 2.24) is 9.97 Å². The molecule has 0 aliphatic heterocycles. The van der Waals surface area contributed by atoms with Crippen LogP contribution in [0.5, 0.6) is 0 Å². The molecule has 84 valence electrons. The van der Waals surface area contributed by atoms with Crippen LogP contribution in [-0.4, -0.2) is 16.6 Å². The predicted octanol–water partition coefficient (Wildman–Crippen LogP) is 2.96. The molecule has 15 heavy (non-hydrogen) atoms. The minimum Gasteiger partial charge on any atom is -0.368 e. The molecule has 0 atom stereocenters. The van der Waals surface area contributed by atoms with E-state index in [0.29, 0.717) is 17.6 Å². The predicted molar refractivity (Wildman–Crippen MR) is 61.1 cm³/mol. The number of aromatic nitrogens is 2. The van der Waals surface area contributed by atoms with Gasteiger partial charge in [0.2, 0.25) is 0 Å². The SMILES string of the molecule is CCOC(C)(C)c1nc(Cl)cc(CC)n1. The Morgan fingerprint density at radius 2 is 2.00 bits per heavy atom. The third-order valence-corrected chi connectivity index (χ3v) is 2.35. The lowest BCUT2D eigenvalue weighted by Gasteiger charge is -2.23. The van der Waals surface area contributed by atoms with E-state index in [0.717, 1.165) is 12.1 Å². The zero-order valence-electron chi connectivity index (χ0n) is 9.67. The normalized spacial score (nSPS) is 11.8. The molecule has 1 aromatic heterocycles. The van der Waals surface area contributed by atoms with E-state index in [1.165, 1.54) is 0 Å². The zero-order valence-corrected chi connectivity index (χ0v) is 10.4.